The van der Waals surface area contributed by atoms with Crippen molar-refractivity contribution in [1.29, 1.82) is 0 Å². The maximum Gasteiger partial charge on any atom is 0.295 e. The minimum Gasteiger partial charge on any atom is -0.436 e. The minimum atomic E-state index is -0.614. The predicted molar refractivity (Wildman–Crippen MR) is 178 cm³/mol. The van der Waals surface area contributed by atoms with Crippen molar-refractivity contribution in [2.75, 3.05) is 10.6 Å². The summed E-state index contributed by atoms with van der Waals surface area (Å²) >= 11 is 0. The maximum atomic E-state index is 13.2. The molecule has 4 aromatic heterocycles. The van der Waals surface area contributed by atoms with E-state index in [1.54, 1.807) is 67.2 Å². The van der Waals surface area contributed by atoms with Crippen LogP contribution in [0.2, 0.25) is 0 Å². The van der Waals surface area contributed by atoms with Gasteiger partial charge in [0.05, 0.1) is 33.5 Å². The molecule has 0 bridgehead atoms. The molecule has 16 heteroatoms. The van der Waals surface area contributed by atoms with Gasteiger partial charge in [-0.15, -0.1) is 0 Å². The Hall–Kier alpha value is -6.58. The highest BCUT2D eigenvalue weighted by molar-refractivity contribution is 6.04. The van der Waals surface area contributed by atoms with Crippen molar-refractivity contribution in [1.82, 2.24) is 29.1 Å². The monoisotopic (exact) mass is 664 g/mol. The van der Waals surface area contributed by atoms with Gasteiger partial charge in [-0.1, -0.05) is 12.2 Å². The number of nitrogens with one attached hydrogen (secondary N) is 2. The number of rotatable bonds is 10. The molecule has 0 aliphatic heterocycles. The molecule has 6 N–H and O–H groups in total. The number of imidazole rings is 2. The van der Waals surface area contributed by atoms with E-state index in [9.17, 15) is 19.2 Å². The van der Waals surface area contributed by atoms with Crippen molar-refractivity contribution in [2.24, 2.45) is 11.5 Å². The zero-order valence-corrected chi connectivity index (χ0v) is 27.2. The fourth-order valence-corrected chi connectivity index (χ4v) is 5.62. The van der Waals surface area contributed by atoms with Gasteiger partial charge in [-0.25, -0.2) is 19.9 Å². The van der Waals surface area contributed by atoms with Gasteiger partial charge in [0.2, 0.25) is 35.2 Å². The Labute approximate surface area is 278 Å². The number of aromatic nitrogens is 6. The van der Waals surface area contributed by atoms with Crippen LogP contribution in [-0.4, -0.2) is 52.7 Å². The first-order chi connectivity index (χ1) is 23.3. The van der Waals surface area contributed by atoms with Gasteiger partial charge in [0.1, 0.15) is 0 Å². The largest absolute Gasteiger partial charge is 0.436 e. The molecule has 4 heterocycles. The van der Waals surface area contributed by atoms with Gasteiger partial charge >= 0.3 is 0 Å². The lowest BCUT2D eigenvalue weighted by atomic mass is 10.1. The number of nitrogens with zero attached hydrogens (tertiary/aromatic N) is 6. The summed E-state index contributed by atoms with van der Waals surface area (Å²) in [5, 5.41) is 5.59. The summed E-state index contributed by atoms with van der Waals surface area (Å²) < 4.78 is 14.5. The standard InChI is InChI=1S/C33H32N10O6/c1-15-12-21(29(35)45)14-23-25(15)43(33(39-23)41-31(47)27-17(3)37-19(5)49-27)11-7-6-10-42-24-9-8-20(28(34)44)13-22(24)38-32(42)40-30(46)26-16(2)36-18(4)48-26/h6-9,12-14H,10-11H2,1-5H3,(H2,34,44)(H2,35,45)(H,38,40,46)(H,39,41,47). The van der Waals surface area contributed by atoms with E-state index in [1.165, 1.54) is 0 Å². The quantitative estimate of drug-likeness (QED) is 0.154. The van der Waals surface area contributed by atoms with Crippen LogP contribution in [-0.2, 0) is 13.1 Å². The molecule has 4 amide bonds. The van der Waals surface area contributed by atoms with Crippen molar-refractivity contribution >= 4 is 57.6 Å². The van der Waals surface area contributed by atoms with E-state index < -0.39 is 23.6 Å². The number of aryl methyl sites for hydroxylation is 5. The highest BCUT2D eigenvalue weighted by Crippen LogP contribution is 2.27. The third kappa shape index (κ3) is 6.26. The Morgan fingerprint density at radius 2 is 1.20 bits per heavy atom. The van der Waals surface area contributed by atoms with Crippen LogP contribution in [0.25, 0.3) is 22.1 Å². The van der Waals surface area contributed by atoms with Gasteiger partial charge in [-0.05, 0) is 56.7 Å². The summed E-state index contributed by atoms with van der Waals surface area (Å²) in [5.74, 6) is -1.09. The number of allylic oxidation sites excluding steroid dienone is 2. The summed E-state index contributed by atoms with van der Waals surface area (Å²) in [7, 11) is 0. The van der Waals surface area contributed by atoms with Crippen LogP contribution in [0.3, 0.4) is 0 Å². The van der Waals surface area contributed by atoms with Crippen LogP contribution in [0.5, 0.6) is 0 Å². The molecule has 0 atom stereocenters. The highest BCUT2D eigenvalue weighted by Gasteiger charge is 2.22. The van der Waals surface area contributed by atoms with Gasteiger partial charge in [0, 0.05) is 38.1 Å². The van der Waals surface area contributed by atoms with Crippen LogP contribution in [0.15, 0.2) is 51.3 Å². The van der Waals surface area contributed by atoms with Gasteiger partial charge in [-0.2, -0.15) is 0 Å². The summed E-state index contributed by atoms with van der Waals surface area (Å²) in [5.41, 5.74) is 15.3. The molecule has 0 radical (unpaired) electrons. The van der Waals surface area contributed by atoms with Crippen LogP contribution in [0.1, 0.15) is 70.6 Å². The molecule has 0 fully saturated rings. The maximum absolute atomic E-state index is 13.2. The summed E-state index contributed by atoms with van der Waals surface area (Å²) in [6.07, 6.45) is 3.69. The fraction of sp³-hybridized carbons (Fsp3) is 0.212. The van der Waals surface area contributed by atoms with Gasteiger partial charge in [0.15, 0.2) is 11.8 Å². The van der Waals surface area contributed by atoms with Crippen molar-refractivity contribution in [3.63, 3.8) is 0 Å². The Morgan fingerprint density at radius 3 is 1.73 bits per heavy atom. The molecule has 250 valence electrons. The molecule has 0 aliphatic rings. The molecule has 49 heavy (non-hydrogen) atoms. The number of benzene rings is 2. The number of hydrogen-bond acceptors (Lipinski definition) is 10. The number of primary amides is 2. The second-order valence-corrected chi connectivity index (χ2v) is 11.4. The van der Waals surface area contributed by atoms with Crippen LogP contribution < -0.4 is 22.1 Å². The topological polar surface area (TPSA) is 232 Å². The molecule has 6 aromatic rings. The van der Waals surface area contributed by atoms with Gasteiger partial charge in [-0.3, -0.25) is 29.8 Å². The number of anilines is 2. The molecule has 2 aromatic carbocycles. The van der Waals surface area contributed by atoms with Crippen molar-refractivity contribution in [3.8, 4) is 0 Å². The number of oxazole rings is 2. The van der Waals surface area contributed by atoms with Crippen LogP contribution in [0.4, 0.5) is 11.9 Å². The van der Waals surface area contributed by atoms with Gasteiger partial charge in [0.25, 0.3) is 11.8 Å². The number of nitrogens with two attached hydrogens (primary N) is 2. The first-order valence-corrected chi connectivity index (χ1v) is 15.1. The van der Waals surface area contributed by atoms with Crippen LogP contribution >= 0.6 is 0 Å². The lowest BCUT2D eigenvalue weighted by molar-refractivity contribution is 0.0986. The van der Waals surface area contributed by atoms with Crippen LogP contribution in [0, 0.1) is 34.6 Å². The average molecular weight is 665 g/mol. The molecule has 0 unspecified atom stereocenters. The summed E-state index contributed by atoms with van der Waals surface area (Å²) in [6, 6.07) is 8.04. The van der Waals surface area contributed by atoms with E-state index in [1.807, 2.05) is 19.1 Å². The Balaban J connectivity index is 1.34. The molecule has 0 spiro atoms. The number of carbonyl (C=O) groups excluding carboxylic acids is 4. The first kappa shape index (κ1) is 32.4. The number of fused-ring (bicyclic) bond motifs is 2. The van der Waals surface area contributed by atoms with Gasteiger partial charge < -0.3 is 29.4 Å². The van der Waals surface area contributed by atoms with E-state index in [2.05, 4.69) is 30.6 Å². The lowest BCUT2D eigenvalue weighted by Gasteiger charge is -2.10. The highest BCUT2D eigenvalue weighted by atomic mass is 16.4. The van der Waals surface area contributed by atoms with E-state index >= 15 is 0 Å². The molecule has 0 saturated heterocycles. The fourth-order valence-electron chi connectivity index (χ4n) is 5.62. The Kier molecular flexibility index (Phi) is 8.29. The van der Waals surface area contributed by atoms with E-state index in [0.717, 1.165) is 0 Å². The smallest absolute Gasteiger partial charge is 0.295 e. The van der Waals surface area contributed by atoms with E-state index in [0.29, 0.717) is 50.8 Å². The number of carbonyl (C=O) groups is 4. The Bertz CT molecular complexity index is 2360. The minimum absolute atomic E-state index is 0.0524. The second-order valence-electron chi connectivity index (χ2n) is 11.4. The lowest BCUT2D eigenvalue weighted by Crippen LogP contribution is -2.17. The molecule has 16 nitrogen and oxygen atoms in total. The third-order valence-corrected chi connectivity index (χ3v) is 7.76. The SMILES string of the molecule is Cc1nc(C)c(C(=O)Nc2nc3cc(C(N)=O)ccc3n2CC=CCn2c(NC(=O)c3oc(C)nc3C)nc3cc(C(N)=O)cc(C)c32)o1. The Morgan fingerprint density at radius 1 is 0.694 bits per heavy atom. The number of hydrogen-bond donors (Lipinski definition) is 4. The molecule has 0 saturated carbocycles. The van der Waals surface area contributed by atoms with E-state index in [-0.39, 0.29) is 47.6 Å². The normalized spacial score (nSPS) is 11.5. The average Bonchev–Trinajstić information content (AvgIpc) is 3.77. The first-order valence-electron chi connectivity index (χ1n) is 15.1. The third-order valence-electron chi connectivity index (χ3n) is 7.76. The van der Waals surface area contributed by atoms with Crippen molar-refractivity contribution in [3.05, 3.63) is 93.9 Å². The zero-order valence-electron chi connectivity index (χ0n) is 27.2. The molecular formula is C33H32N10O6. The van der Waals surface area contributed by atoms with Crippen molar-refractivity contribution < 1.29 is 28.0 Å². The number of amides is 4. The molecular weight excluding hydrogens is 632 g/mol. The zero-order chi connectivity index (χ0) is 35.1. The molecule has 0 aliphatic carbocycles. The second kappa shape index (κ2) is 12.6. The summed E-state index contributed by atoms with van der Waals surface area (Å²) in [6.45, 7) is 8.92. The summed E-state index contributed by atoms with van der Waals surface area (Å²) in [4.78, 5) is 67.6. The van der Waals surface area contributed by atoms with Crippen molar-refractivity contribution in [2.45, 2.75) is 47.7 Å². The predicted octanol–water partition coefficient (Wildman–Crippen LogP) is 3.86. The molecule has 6 rings (SSSR count). The van der Waals surface area contributed by atoms with E-state index in [4.69, 9.17) is 20.3 Å².